The molecular weight excluding hydrogens is 353 g/mol. The zero-order valence-corrected chi connectivity index (χ0v) is 13.5. The van der Waals surface area contributed by atoms with Crippen molar-refractivity contribution in [2.45, 2.75) is 37.5 Å². The van der Waals surface area contributed by atoms with Gasteiger partial charge in [-0.2, -0.15) is 0 Å². The fraction of sp³-hybridized carbons (Fsp3) is 1.00. The third kappa shape index (κ3) is 8.12. The van der Waals surface area contributed by atoms with Crippen LogP contribution < -0.4 is 0 Å². The van der Waals surface area contributed by atoms with E-state index in [0.717, 1.165) is 0 Å². The molecule has 0 saturated carbocycles. The first-order chi connectivity index (χ1) is 6.25. The summed E-state index contributed by atoms with van der Waals surface area (Å²) in [5, 5.41) is 0. The van der Waals surface area contributed by atoms with Crippen LogP contribution >= 0.6 is 43.3 Å². The van der Waals surface area contributed by atoms with Crippen LogP contribution in [0.1, 0.15) is 20.8 Å². The predicted octanol–water partition coefficient (Wildman–Crippen LogP) is 3.84. The van der Waals surface area contributed by atoms with Crippen molar-refractivity contribution < 1.29 is 28.8 Å². The van der Waals surface area contributed by atoms with E-state index in [9.17, 15) is 0 Å². The van der Waals surface area contributed by atoms with Crippen LogP contribution in [0.5, 0.6) is 0 Å². The topological polar surface area (TPSA) is 27.7 Å². The Hall–Kier alpha value is 1.92. The Balaban J connectivity index is 4.32. The molecule has 0 fully saturated rings. The minimum absolute atomic E-state index is 0.603. The summed E-state index contributed by atoms with van der Waals surface area (Å²) >= 11 is 12.8. The summed E-state index contributed by atoms with van der Waals surface area (Å²) in [6.45, 7) is 4.83. The zero-order chi connectivity index (χ0) is 11.4. The Morgan fingerprint density at radius 3 is 1.14 bits per heavy atom. The molecule has 0 radical (unpaired) electrons. The molecule has 0 aromatic carbocycles. The van der Waals surface area contributed by atoms with E-state index in [0.29, 0.717) is 0 Å². The molecule has 0 bridgehead atoms. The van der Waals surface area contributed by atoms with Crippen LogP contribution in [0, 0.1) is 0 Å². The molecule has 8 heteroatoms. The summed E-state index contributed by atoms with van der Waals surface area (Å²) in [7, 11) is 6.01. The van der Waals surface area contributed by atoms with Gasteiger partial charge in [-0.15, -0.1) is 0 Å². The van der Waals surface area contributed by atoms with Crippen LogP contribution in [0.2, 0.25) is 0 Å². The third-order valence-electron chi connectivity index (χ3n) is 0.909. The second kappa shape index (κ2) is 7.29. The van der Waals surface area contributed by atoms with Gasteiger partial charge < -0.3 is 0 Å². The van der Waals surface area contributed by atoms with Gasteiger partial charge >= 0.3 is 110 Å². The second-order valence-corrected chi connectivity index (χ2v) is 11.2. The van der Waals surface area contributed by atoms with E-state index in [1.807, 2.05) is 0 Å². The van der Waals surface area contributed by atoms with E-state index in [-0.39, 0.29) is 0 Å². The number of alkyl halides is 3. The first-order valence-corrected chi connectivity index (χ1v) is 11.4. The number of rotatable bonds is 6. The molecule has 0 aliphatic carbocycles. The number of halogens is 4. The van der Waals surface area contributed by atoms with E-state index >= 15 is 0 Å². The van der Waals surface area contributed by atoms with Crippen molar-refractivity contribution >= 4 is 43.3 Å². The maximum atomic E-state index is 6.01. The fourth-order valence-electron chi connectivity index (χ4n) is 0.665. The monoisotopic (exact) mass is 362 g/mol. The molecule has 86 valence electrons. The van der Waals surface area contributed by atoms with Gasteiger partial charge in [0.25, 0.3) is 0 Å². The van der Waals surface area contributed by atoms with Crippen molar-refractivity contribution in [2.24, 2.45) is 0 Å². The summed E-state index contributed by atoms with van der Waals surface area (Å²) in [5.74, 6) is 0. The third-order valence-corrected chi connectivity index (χ3v) is 8.54. The number of hydrogen-bond donors (Lipinski definition) is 0. The van der Waals surface area contributed by atoms with Gasteiger partial charge in [0, 0.05) is 0 Å². The minimum atomic E-state index is -4.13. The van der Waals surface area contributed by atoms with Crippen LogP contribution in [0.4, 0.5) is 0 Å². The Kier molecular flexibility index (Phi) is 8.29. The summed E-state index contributed by atoms with van der Waals surface area (Å²) in [6.07, 6.45) is 0. The molecular formula is C6H12Cl4O3Zr. The van der Waals surface area contributed by atoms with Gasteiger partial charge in [0.1, 0.15) is 0 Å². The molecule has 0 N–H and O–H groups in total. The molecule has 0 heterocycles. The van der Waals surface area contributed by atoms with Crippen LogP contribution in [-0.4, -0.2) is 16.7 Å². The molecule has 3 atom stereocenters. The van der Waals surface area contributed by atoms with E-state index < -0.39 is 37.1 Å². The molecule has 3 unspecified atom stereocenters. The molecule has 0 aliphatic rings. The van der Waals surface area contributed by atoms with Crippen molar-refractivity contribution in [3.05, 3.63) is 0 Å². The zero-order valence-electron chi connectivity index (χ0n) is 7.97. The summed E-state index contributed by atoms with van der Waals surface area (Å²) in [4.78, 5) is 0. The van der Waals surface area contributed by atoms with Crippen molar-refractivity contribution in [1.29, 1.82) is 0 Å². The quantitative estimate of drug-likeness (QED) is 0.670. The first-order valence-electron chi connectivity index (χ1n) is 3.90. The normalized spacial score (nSPS) is 22.5. The van der Waals surface area contributed by atoms with Crippen LogP contribution in [0.15, 0.2) is 0 Å². The van der Waals surface area contributed by atoms with Crippen molar-refractivity contribution in [3.63, 3.8) is 0 Å². The summed E-state index contributed by atoms with van der Waals surface area (Å²) < 4.78 is 15.6. The van der Waals surface area contributed by atoms with E-state index in [4.69, 9.17) is 51.8 Å². The van der Waals surface area contributed by atoms with Crippen molar-refractivity contribution in [2.75, 3.05) is 0 Å². The standard InChI is InChI=1S/3C2H4ClO.ClH.Zr/c3*1-2(3)4;;/h3*2H,1H3;1H;/q3*-1;;+4/p-1. The first kappa shape index (κ1) is 15.9. The van der Waals surface area contributed by atoms with Crippen molar-refractivity contribution in [3.8, 4) is 0 Å². The molecule has 0 aromatic rings. The van der Waals surface area contributed by atoms with E-state index in [1.54, 1.807) is 20.8 Å². The Morgan fingerprint density at radius 1 is 0.786 bits per heavy atom. The number of hydrogen-bond acceptors (Lipinski definition) is 3. The average Bonchev–Trinajstić information content (AvgIpc) is 1.76. The second-order valence-electron chi connectivity index (χ2n) is 2.46. The van der Waals surface area contributed by atoms with Crippen molar-refractivity contribution in [1.82, 2.24) is 0 Å². The molecule has 0 rings (SSSR count). The molecule has 0 spiro atoms. The molecule has 3 nitrogen and oxygen atoms in total. The van der Waals surface area contributed by atoms with Crippen LogP contribution in [0.3, 0.4) is 0 Å². The Morgan fingerprint density at radius 2 is 1.00 bits per heavy atom. The Labute approximate surface area is 109 Å². The molecule has 0 saturated heterocycles. The fourth-order valence-corrected chi connectivity index (χ4v) is 9.20. The van der Waals surface area contributed by atoms with E-state index in [2.05, 4.69) is 0 Å². The molecule has 0 amide bonds. The van der Waals surface area contributed by atoms with Crippen LogP contribution in [-0.2, 0) is 28.8 Å². The van der Waals surface area contributed by atoms with Gasteiger partial charge in [0.2, 0.25) is 0 Å². The summed E-state index contributed by atoms with van der Waals surface area (Å²) in [5.41, 5.74) is -1.81. The van der Waals surface area contributed by atoms with Crippen LogP contribution in [0.25, 0.3) is 0 Å². The van der Waals surface area contributed by atoms with Gasteiger partial charge in [0.15, 0.2) is 0 Å². The summed E-state index contributed by atoms with van der Waals surface area (Å²) in [6, 6.07) is 0. The molecule has 0 aromatic heterocycles. The molecule has 14 heavy (non-hydrogen) atoms. The molecule has 0 aliphatic heterocycles. The van der Waals surface area contributed by atoms with E-state index in [1.165, 1.54) is 0 Å². The predicted molar refractivity (Wildman–Crippen MR) is 55.1 cm³/mol. The van der Waals surface area contributed by atoms with Gasteiger partial charge in [-0.3, -0.25) is 0 Å². The van der Waals surface area contributed by atoms with Gasteiger partial charge in [-0.05, 0) is 0 Å². The van der Waals surface area contributed by atoms with Gasteiger partial charge in [0.05, 0.1) is 0 Å². The maximum absolute atomic E-state index is 6.01. The van der Waals surface area contributed by atoms with Gasteiger partial charge in [-0.25, -0.2) is 0 Å². The average molecular weight is 365 g/mol. The van der Waals surface area contributed by atoms with Gasteiger partial charge in [-0.1, -0.05) is 0 Å². The Bertz CT molecular complexity index is 141. The SMILES string of the molecule is CC(Cl)[O][Zr]([Cl])([O]C(C)Cl)[O]C(C)Cl.